The smallest absolute Gasteiger partial charge is 0.219 e. The van der Waals surface area contributed by atoms with Crippen molar-refractivity contribution < 1.29 is 4.79 Å². The molecule has 0 atom stereocenters. The summed E-state index contributed by atoms with van der Waals surface area (Å²) in [5.41, 5.74) is 0. The number of amides is 1. The molecule has 2 nitrogen and oxygen atoms in total. The number of rotatable bonds is 2. The van der Waals surface area contributed by atoms with Crippen LogP contribution in [0.5, 0.6) is 0 Å². The average Bonchev–Trinajstić information content (AvgIpc) is 2.17. The number of nitrogens with zero attached hydrogens (tertiary/aromatic N) is 1. The zero-order valence-electron chi connectivity index (χ0n) is 9.05. The van der Waals surface area contributed by atoms with E-state index in [1.54, 1.807) is 6.92 Å². The molecular formula is C11H21NO. The minimum atomic E-state index is 0.208. The van der Waals surface area contributed by atoms with Crippen LogP contribution in [0.4, 0.5) is 0 Å². The van der Waals surface area contributed by atoms with Crippen molar-refractivity contribution in [2.24, 2.45) is 5.92 Å². The van der Waals surface area contributed by atoms with Gasteiger partial charge in [0.05, 0.1) is 0 Å². The minimum Gasteiger partial charge on any atom is -0.343 e. The van der Waals surface area contributed by atoms with E-state index in [0.29, 0.717) is 6.04 Å². The molecule has 0 aromatic heterocycles. The number of hydrogen-bond acceptors (Lipinski definition) is 1. The molecule has 13 heavy (non-hydrogen) atoms. The quantitative estimate of drug-likeness (QED) is 0.644. The number of carbonyl (C=O) groups excluding carboxylic acids is 1. The molecular weight excluding hydrogens is 162 g/mol. The van der Waals surface area contributed by atoms with Crippen LogP contribution in [-0.2, 0) is 4.79 Å². The Hall–Kier alpha value is -0.530. The molecule has 0 N–H and O–H groups in total. The summed E-state index contributed by atoms with van der Waals surface area (Å²) < 4.78 is 0. The van der Waals surface area contributed by atoms with E-state index in [-0.39, 0.29) is 5.91 Å². The maximum atomic E-state index is 11.1. The van der Waals surface area contributed by atoms with Gasteiger partial charge in [-0.3, -0.25) is 4.79 Å². The third-order valence-corrected chi connectivity index (χ3v) is 3.44. The molecule has 2 heteroatoms. The summed E-state index contributed by atoms with van der Waals surface area (Å²) in [6.45, 7) is 3.92. The molecule has 1 fully saturated rings. The van der Waals surface area contributed by atoms with Gasteiger partial charge in [0.2, 0.25) is 5.91 Å². The summed E-state index contributed by atoms with van der Waals surface area (Å²) >= 11 is 0. The van der Waals surface area contributed by atoms with Gasteiger partial charge in [-0.2, -0.15) is 0 Å². The Bertz CT molecular complexity index is 171. The van der Waals surface area contributed by atoms with Gasteiger partial charge in [0.1, 0.15) is 0 Å². The van der Waals surface area contributed by atoms with Gasteiger partial charge < -0.3 is 4.90 Å². The fourth-order valence-electron chi connectivity index (χ4n) is 2.20. The molecule has 0 aromatic rings. The fraction of sp³-hybridized carbons (Fsp3) is 0.909. The van der Waals surface area contributed by atoms with E-state index in [1.807, 2.05) is 11.9 Å². The van der Waals surface area contributed by atoms with Crippen molar-refractivity contribution >= 4 is 5.91 Å². The molecule has 0 aliphatic heterocycles. The largest absolute Gasteiger partial charge is 0.343 e. The van der Waals surface area contributed by atoms with Crippen LogP contribution in [0, 0.1) is 5.92 Å². The fourth-order valence-corrected chi connectivity index (χ4v) is 2.20. The summed E-state index contributed by atoms with van der Waals surface area (Å²) in [6.07, 6.45) is 6.32. The van der Waals surface area contributed by atoms with Crippen LogP contribution >= 0.6 is 0 Å². The van der Waals surface area contributed by atoms with Gasteiger partial charge in [-0.15, -0.1) is 0 Å². The van der Waals surface area contributed by atoms with Crippen molar-refractivity contribution in [2.75, 3.05) is 7.05 Å². The lowest BCUT2D eigenvalue weighted by molar-refractivity contribution is -0.130. The summed E-state index contributed by atoms with van der Waals surface area (Å²) in [7, 11) is 1.93. The van der Waals surface area contributed by atoms with Crippen LogP contribution in [0.1, 0.15) is 46.0 Å². The third kappa shape index (κ3) is 2.71. The minimum absolute atomic E-state index is 0.208. The highest BCUT2D eigenvalue weighted by Crippen LogP contribution is 2.28. The molecule has 1 amide bonds. The van der Waals surface area contributed by atoms with E-state index in [9.17, 15) is 4.79 Å². The van der Waals surface area contributed by atoms with Crippen molar-refractivity contribution in [3.8, 4) is 0 Å². The summed E-state index contributed by atoms with van der Waals surface area (Å²) in [5.74, 6) is 1.12. The predicted octanol–water partition coefficient (Wildman–Crippen LogP) is 2.43. The Balaban J connectivity index is 2.36. The van der Waals surface area contributed by atoms with Crippen molar-refractivity contribution in [1.29, 1.82) is 0 Å². The molecule has 1 rings (SSSR count). The Morgan fingerprint density at radius 2 is 1.85 bits per heavy atom. The normalized spacial score (nSPS) is 28.5. The lowest BCUT2D eigenvalue weighted by atomic mass is 9.84. The highest BCUT2D eigenvalue weighted by molar-refractivity contribution is 5.73. The lowest BCUT2D eigenvalue weighted by Gasteiger charge is -2.33. The molecule has 76 valence electrons. The first-order chi connectivity index (χ1) is 6.15. The number of hydrogen-bond donors (Lipinski definition) is 0. The maximum absolute atomic E-state index is 11.1. The highest BCUT2D eigenvalue weighted by Gasteiger charge is 2.23. The van der Waals surface area contributed by atoms with Crippen molar-refractivity contribution in [3.05, 3.63) is 0 Å². The van der Waals surface area contributed by atoms with E-state index in [4.69, 9.17) is 0 Å². The van der Waals surface area contributed by atoms with Gasteiger partial charge in [-0.1, -0.05) is 13.3 Å². The Morgan fingerprint density at radius 1 is 1.31 bits per heavy atom. The van der Waals surface area contributed by atoms with Crippen LogP contribution in [0.3, 0.4) is 0 Å². The van der Waals surface area contributed by atoms with E-state index in [2.05, 4.69) is 6.92 Å². The second-order valence-corrected chi connectivity index (χ2v) is 4.21. The Kier molecular flexibility index (Phi) is 3.76. The zero-order chi connectivity index (χ0) is 9.84. The van der Waals surface area contributed by atoms with Crippen LogP contribution in [0.2, 0.25) is 0 Å². The highest BCUT2D eigenvalue weighted by atomic mass is 16.2. The first-order valence-corrected chi connectivity index (χ1v) is 5.38. The second-order valence-electron chi connectivity index (χ2n) is 4.21. The van der Waals surface area contributed by atoms with Crippen LogP contribution in [-0.4, -0.2) is 23.9 Å². The second kappa shape index (κ2) is 4.64. The van der Waals surface area contributed by atoms with E-state index in [0.717, 1.165) is 5.92 Å². The van der Waals surface area contributed by atoms with E-state index in [1.165, 1.54) is 32.1 Å². The monoisotopic (exact) mass is 183 g/mol. The van der Waals surface area contributed by atoms with E-state index >= 15 is 0 Å². The first kappa shape index (κ1) is 10.6. The molecule has 0 aromatic carbocycles. The Labute approximate surface area is 81.3 Å². The molecule has 1 saturated carbocycles. The van der Waals surface area contributed by atoms with Crippen LogP contribution in [0.15, 0.2) is 0 Å². The molecule has 0 heterocycles. The first-order valence-electron chi connectivity index (χ1n) is 5.38. The molecule has 0 unspecified atom stereocenters. The van der Waals surface area contributed by atoms with Crippen LogP contribution < -0.4 is 0 Å². The molecule has 0 bridgehead atoms. The van der Waals surface area contributed by atoms with Crippen molar-refractivity contribution in [3.63, 3.8) is 0 Å². The van der Waals surface area contributed by atoms with Crippen molar-refractivity contribution in [2.45, 2.75) is 52.0 Å². The molecule has 1 aliphatic rings. The average molecular weight is 183 g/mol. The van der Waals surface area contributed by atoms with Gasteiger partial charge in [0, 0.05) is 20.0 Å². The number of carbonyl (C=O) groups is 1. The van der Waals surface area contributed by atoms with Gasteiger partial charge in [0.15, 0.2) is 0 Å². The molecule has 0 saturated heterocycles. The van der Waals surface area contributed by atoms with Crippen LogP contribution in [0.25, 0.3) is 0 Å². The summed E-state index contributed by atoms with van der Waals surface area (Å²) in [6, 6.07) is 0.514. The summed E-state index contributed by atoms with van der Waals surface area (Å²) in [5, 5.41) is 0. The zero-order valence-corrected chi connectivity index (χ0v) is 9.05. The predicted molar refractivity (Wildman–Crippen MR) is 54.5 cm³/mol. The van der Waals surface area contributed by atoms with E-state index < -0.39 is 0 Å². The maximum Gasteiger partial charge on any atom is 0.219 e. The molecule has 0 spiro atoms. The SMILES string of the molecule is CCC1CCC(N(C)C(C)=O)CC1. The van der Waals surface area contributed by atoms with Gasteiger partial charge in [0.25, 0.3) is 0 Å². The van der Waals surface area contributed by atoms with Gasteiger partial charge >= 0.3 is 0 Å². The van der Waals surface area contributed by atoms with Gasteiger partial charge in [-0.05, 0) is 31.6 Å². The third-order valence-electron chi connectivity index (χ3n) is 3.44. The van der Waals surface area contributed by atoms with Crippen molar-refractivity contribution in [1.82, 2.24) is 4.90 Å². The standard InChI is InChI=1S/C11H21NO/c1-4-10-5-7-11(8-6-10)12(3)9(2)13/h10-11H,4-8H2,1-3H3. The lowest BCUT2D eigenvalue weighted by Crippen LogP contribution is -2.38. The van der Waals surface area contributed by atoms with Gasteiger partial charge in [-0.25, -0.2) is 0 Å². The molecule has 1 aliphatic carbocycles. The topological polar surface area (TPSA) is 20.3 Å². The Morgan fingerprint density at radius 3 is 2.23 bits per heavy atom. The summed E-state index contributed by atoms with van der Waals surface area (Å²) in [4.78, 5) is 13.0. The molecule has 0 radical (unpaired) electrons.